The lowest BCUT2D eigenvalue weighted by molar-refractivity contribution is 0.392. The fraction of sp³-hybridized carbons (Fsp3) is 0.667. The number of hydrogen-bond donors (Lipinski definition) is 1. The van der Waals surface area contributed by atoms with Crippen molar-refractivity contribution in [3.8, 4) is 0 Å². The third kappa shape index (κ3) is 3.36. The van der Waals surface area contributed by atoms with E-state index >= 15 is 0 Å². The molecule has 1 saturated heterocycles. The summed E-state index contributed by atoms with van der Waals surface area (Å²) in [6, 6.07) is 0. The minimum Gasteiger partial charge on any atom is -0.341 e. The topological polar surface area (TPSA) is 41.0 Å². The van der Waals surface area contributed by atoms with E-state index in [0.717, 1.165) is 32.6 Å². The average Bonchev–Trinajstić information content (AvgIpc) is 2.37. The predicted octanol–water partition coefficient (Wildman–Crippen LogP) is 1.44. The van der Waals surface area contributed by atoms with Crippen molar-refractivity contribution in [2.45, 2.75) is 19.8 Å². The Morgan fingerprint density at radius 2 is 2.24 bits per heavy atom. The highest BCUT2D eigenvalue weighted by molar-refractivity contribution is 5.29. The highest BCUT2D eigenvalue weighted by atomic mass is 19.1. The van der Waals surface area contributed by atoms with Crippen molar-refractivity contribution < 1.29 is 4.39 Å². The van der Waals surface area contributed by atoms with Gasteiger partial charge >= 0.3 is 0 Å². The zero-order valence-electron chi connectivity index (χ0n) is 10.2. The van der Waals surface area contributed by atoms with Crippen LogP contribution in [0.2, 0.25) is 0 Å². The van der Waals surface area contributed by atoms with Gasteiger partial charge < -0.3 is 10.2 Å². The molecule has 1 aliphatic rings. The number of rotatable bonds is 4. The van der Waals surface area contributed by atoms with Gasteiger partial charge in [-0.2, -0.15) is 0 Å². The van der Waals surface area contributed by atoms with Crippen molar-refractivity contribution in [2.75, 3.05) is 31.1 Å². The number of nitrogens with one attached hydrogen (secondary N) is 1. The summed E-state index contributed by atoms with van der Waals surface area (Å²) in [4.78, 5) is 10.2. The van der Waals surface area contributed by atoms with E-state index in [1.54, 1.807) is 0 Å². The number of aromatic nitrogens is 2. The summed E-state index contributed by atoms with van der Waals surface area (Å²) < 4.78 is 12.7. The molecule has 5 heteroatoms. The van der Waals surface area contributed by atoms with E-state index in [-0.39, 0.29) is 5.82 Å². The molecule has 1 unspecified atom stereocenters. The zero-order chi connectivity index (χ0) is 12.1. The van der Waals surface area contributed by atoms with Crippen LogP contribution in [0.4, 0.5) is 10.3 Å². The Kier molecular flexibility index (Phi) is 4.25. The molecule has 0 bridgehead atoms. The summed E-state index contributed by atoms with van der Waals surface area (Å²) in [5, 5.41) is 3.37. The smallest absolute Gasteiger partial charge is 0.225 e. The van der Waals surface area contributed by atoms with E-state index in [4.69, 9.17) is 0 Å². The van der Waals surface area contributed by atoms with E-state index in [0.29, 0.717) is 11.9 Å². The molecule has 1 fully saturated rings. The maximum atomic E-state index is 12.7. The summed E-state index contributed by atoms with van der Waals surface area (Å²) in [7, 11) is 0. The Balaban J connectivity index is 1.94. The molecule has 94 valence electrons. The van der Waals surface area contributed by atoms with Crippen LogP contribution in [0.3, 0.4) is 0 Å². The molecule has 1 atom stereocenters. The first kappa shape index (κ1) is 12.2. The molecule has 4 nitrogen and oxygen atoms in total. The molecule has 2 heterocycles. The van der Waals surface area contributed by atoms with Crippen LogP contribution in [0.15, 0.2) is 12.4 Å². The van der Waals surface area contributed by atoms with Crippen LogP contribution in [0.5, 0.6) is 0 Å². The summed E-state index contributed by atoms with van der Waals surface area (Å²) in [6.07, 6.45) is 4.86. The van der Waals surface area contributed by atoms with Gasteiger partial charge in [0.1, 0.15) is 0 Å². The average molecular weight is 238 g/mol. The molecule has 0 aliphatic carbocycles. The molecule has 0 aromatic carbocycles. The number of halogens is 1. The Bertz CT molecular complexity index is 341. The van der Waals surface area contributed by atoms with E-state index in [9.17, 15) is 4.39 Å². The second-order valence-corrected chi connectivity index (χ2v) is 4.46. The molecule has 0 radical (unpaired) electrons. The van der Waals surface area contributed by atoms with Crippen molar-refractivity contribution in [1.29, 1.82) is 0 Å². The molecule has 0 saturated carbocycles. The van der Waals surface area contributed by atoms with Gasteiger partial charge in [-0.25, -0.2) is 14.4 Å². The van der Waals surface area contributed by atoms with Crippen LogP contribution in [0.25, 0.3) is 0 Å². The lowest BCUT2D eigenvalue weighted by Crippen LogP contribution is -2.40. The maximum Gasteiger partial charge on any atom is 0.225 e. The van der Waals surface area contributed by atoms with E-state index in [1.807, 2.05) is 0 Å². The van der Waals surface area contributed by atoms with E-state index in [2.05, 4.69) is 27.1 Å². The summed E-state index contributed by atoms with van der Waals surface area (Å²) in [5.74, 6) is 0.903. The van der Waals surface area contributed by atoms with Gasteiger partial charge in [0.25, 0.3) is 0 Å². The van der Waals surface area contributed by atoms with Gasteiger partial charge in [0.05, 0.1) is 12.4 Å². The predicted molar refractivity (Wildman–Crippen MR) is 65.5 cm³/mol. The van der Waals surface area contributed by atoms with Gasteiger partial charge in [0.2, 0.25) is 5.95 Å². The minimum atomic E-state index is -0.380. The highest BCUT2D eigenvalue weighted by Gasteiger charge is 2.21. The fourth-order valence-electron chi connectivity index (χ4n) is 2.23. The third-order valence-corrected chi connectivity index (χ3v) is 3.09. The van der Waals surface area contributed by atoms with Gasteiger partial charge in [-0.05, 0) is 31.8 Å². The lowest BCUT2D eigenvalue weighted by Gasteiger charge is -2.32. The lowest BCUT2D eigenvalue weighted by atomic mass is 9.98. The van der Waals surface area contributed by atoms with Crippen LogP contribution >= 0.6 is 0 Å². The largest absolute Gasteiger partial charge is 0.341 e. The normalized spacial score (nSPS) is 20.6. The molecule has 1 aromatic heterocycles. The van der Waals surface area contributed by atoms with Crippen LogP contribution in [-0.4, -0.2) is 36.1 Å². The SMILES string of the molecule is CCNCC1CCCN(c2ncc(F)cn2)C1. The number of nitrogens with zero attached hydrogens (tertiary/aromatic N) is 3. The maximum absolute atomic E-state index is 12.7. The van der Waals surface area contributed by atoms with E-state index < -0.39 is 0 Å². The van der Waals surface area contributed by atoms with Gasteiger partial charge in [0, 0.05) is 13.1 Å². The van der Waals surface area contributed by atoms with Crippen LogP contribution in [-0.2, 0) is 0 Å². The summed E-state index contributed by atoms with van der Waals surface area (Å²) in [6.45, 7) is 6.08. The van der Waals surface area contributed by atoms with Crippen molar-refractivity contribution in [3.63, 3.8) is 0 Å². The Hall–Kier alpha value is -1.23. The van der Waals surface area contributed by atoms with Crippen LogP contribution in [0.1, 0.15) is 19.8 Å². The first-order valence-electron chi connectivity index (χ1n) is 6.22. The zero-order valence-corrected chi connectivity index (χ0v) is 10.2. The molecule has 1 aliphatic heterocycles. The van der Waals surface area contributed by atoms with Gasteiger partial charge in [0.15, 0.2) is 5.82 Å². The molecule has 17 heavy (non-hydrogen) atoms. The summed E-state index contributed by atoms with van der Waals surface area (Å²) >= 11 is 0. The second kappa shape index (κ2) is 5.91. The van der Waals surface area contributed by atoms with E-state index in [1.165, 1.54) is 18.8 Å². The quantitative estimate of drug-likeness (QED) is 0.862. The van der Waals surface area contributed by atoms with Crippen LogP contribution < -0.4 is 10.2 Å². The Labute approximate surface area is 101 Å². The van der Waals surface area contributed by atoms with Gasteiger partial charge in [-0.3, -0.25) is 0 Å². The Morgan fingerprint density at radius 1 is 1.47 bits per heavy atom. The second-order valence-electron chi connectivity index (χ2n) is 4.46. The fourth-order valence-corrected chi connectivity index (χ4v) is 2.23. The monoisotopic (exact) mass is 238 g/mol. The van der Waals surface area contributed by atoms with Crippen molar-refractivity contribution >= 4 is 5.95 Å². The molecule has 0 amide bonds. The molecule has 1 aromatic rings. The summed E-state index contributed by atoms with van der Waals surface area (Å²) in [5.41, 5.74) is 0. The van der Waals surface area contributed by atoms with Crippen molar-refractivity contribution in [2.24, 2.45) is 5.92 Å². The molecule has 1 N–H and O–H groups in total. The standard InChI is InChI=1S/C12H19FN4/c1-2-14-6-10-4-3-5-17(9-10)12-15-7-11(13)8-16-12/h7-8,10,14H,2-6,9H2,1H3. The number of piperidine rings is 1. The molecular weight excluding hydrogens is 219 g/mol. The van der Waals surface area contributed by atoms with Crippen LogP contribution in [0, 0.1) is 11.7 Å². The first-order valence-corrected chi connectivity index (χ1v) is 6.22. The van der Waals surface area contributed by atoms with Crippen molar-refractivity contribution in [3.05, 3.63) is 18.2 Å². The Morgan fingerprint density at radius 3 is 2.94 bits per heavy atom. The van der Waals surface area contributed by atoms with Gasteiger partial charge in [-0.1, -0.05) is 6.92 Å². The minimum absolute atomic E-state index is 0.380. The molecule has 2 rings (SSSR count). The highest BCUT2D eigenvalue weighted by Crippen LogP contribution is 2.19. The van der Waals surface area contributed by atoms with Gasteiger partial charge in [-0.15, -0.1) is 0 Å². The number of anilines is 1. The first-order chi connectivity index (χ1) is 8.29. The van der Waals surface area contributed by atoms with Crippen molar-refractivity contribution in [1.82, 2.24) is 15.3 Å². The number of hydrogen-bond acceptors (Lipinski definition) is 4. The molecule has 0 spiro atoms. The third-order valence-electron chi connectivity index (χ3n) is 3.09. The molecular formula is C12H19FN4.